The Morgan fingerprint density at radius 3 is 2.23 bits per heavy atom. The van der Waals surface area contributed by atoms with Crippen LogP contribution in [0.3, 0.4) is 0 Å². The van der Waals surface area contributed by atoms with Gasteiger partial charge in [-0.1, -0.05) is 54.6 Å². The third-order valence-corrected chi connectivity index (χ3v) is 10.5. The van der Waals surface area contributed by atoms with E-state index in [2.05, 4.69) is 0 Å². The van der Waals surface area contributed by atoms with Crippen molar-refractivity contribution < 1.29 is 18.8 Å². The Morgan fingerprint density at radius 2 is 1.51 bits per heavy atom. The minimum absolute atomic E-state index is 0.185. The fraction of sp³-hybridized carbons (Fsp3) is 0.250. The number of ketones is 3. The number of rotatable bonds is 1. The van der Waals surface area contributed by atoms with Crippen LogP contribution in [0.5, 0.6) is 0 Å². The highest BCUT2D eigenvalue weighted by Crippen LogP contribution is 2.67. The normalized spacial score (nSPS) is 28.5. The Bertz CT molecular complexity index is 1420. The Labute approximate surface area is 210 Å². The maximum absolute atomic E-state index is 14.7. The van der Waals surface area contributed by atoms with Crippen LogP contribution in [0.25, 0.3) is 0 Å². The van der Waals surface area contributed by atoms with Crippen LogP contribution in [0.1, 0.15) is 42.6 Å². The van der Waals surface area contributed by atoms with E-state index in [-0.39, 0.29) is 35.0 Å². The van der Waals surface area contributed by atoms with Gasteiger partial charge in [0.05, 0.1) is 5.41 Å². The van der Waals surface area contributed by atoms with Gasteiger partial charge in [-0.25, -0.2) is 4.39 Å². The first kappa shape index (κ1) is 21.5. The first-order chi connectivity index (χ1) is 17.0. The van der Waals surface area contributed by atoms with Crippen molar-refractivity contribution in [2.75, 3.05) is 17.4 Å². The van der Waals surface area contributed by atoms with Crippen LogP contribution in [0.15, 0.2) is 77.7 Å². The van der Waals surface area contributed by atoms with E-state index in [1.165, 1.54) is 23.9 Å². The van der Waals surface area contributed by atoms with Gasteiger partial charge in [0.1, 0.15) is 5.82 Å². The zero-order chi connectivity index (χ0) is 23.9. The summed E-state index contributed by atoms with van der Waals surface area (Å²) in [7, 11) is 0. The van der Waals surface area contributed by atoms with E-state index >= 15 is 0 Å². The summed E-state index contributed by atoms with van der Waals surface area (Å²) in [6.07, 6.45) is 0. The summed E-state index contributed by atoms with van der Waals surface area (Å²) in [5, 5.41) is 0. The van der Waals surface area contributed by atoms with Crippen molar-refractivity contribution >= 4 is 40.9 Å². The van der Waals surface area contributed by atoms with Crippen LogP contribution in [-0.2, 0) is 0 Å². The van der Waals surface area contributed by atoms with Crippen LogP contribution < -0.4 is 0 Å². The molecule has 0 amide bonds. The standard InChI is InChI=1S/C28H20FNO3S2/c29-17-7-5-6-16(12-17)23-21-13-34-15-30(21)28(25(32)18-8-1-2-9-19(18)26(28)33)27(23)14-35-22-11-4-3-10-20(22)24(27)31/h1-12,21,23H,13-15H2/t21-,23-,27-/m1/s1. The molecular formula is C28H20FNO3S2. The van der Waals surface area contributed by atoms with E-state index in [1.54, 1.807) is 48.2 Å². The maximum Gasteiger partial charge on any atom is 0.192 e. The van der Waals surface area contributed by atoms with Crippen LogP contribution in [0.4, 0.5) is 4.39 Å². The van der Waals surface area contributed by atoms with Crippen molar-refractivity contribution in [3.8, 4) is 0 Å². The molecule has 7 rings (SSSR count). The fourth-order valence-electron chi connectivity index (χ4n) is 6.91. The van der Waals surface area contributed by atoms with E-state index in [1.807, 2.05) is 29.2 Å². The molecule has 2 saturated heterocycles. The van der Waals surface area contributed by atoms with Gasteiger partial charge >= 0.3 is 0 Å². The highest BCUT2D eigenvalue weighted by atomic mass is 32.2. The summed E-state index contributed by atoms with van der Waals surface area (Å²) >= 11 is 3.18. The van der Waals surface area contributed by atoms with Crippen molar-refractivity contribution in [3.63, 3.8) is 0 Å². The molecule has 3 aromatic carbocycles. The summed E-state index contributed by atoms with van der Waals surface area (Å²) < 4.78 is 14.6. The second-order valence-corrected chi connectivity index (χ2v) is 11.6. The van der Waals surface area contributed by atoms with Crippen LogP contribution in [0, 0.1) is 11.2 Å². The number of hydrogen-bond donors (Lipinski definition) is 0. The molecule has 2 spiro atoms. The zero-order valence-corrected chi connectivity index (χ0v) is 20.2. The molecule has 0 radical (unpaired) electrons. The second-order valence-electron chi connectivity index (χ2n) is 9.57. The molecule has 0 saturated carbocycles. The smallest absolute Gasteiger partial charge is 0.192 e. The highest BCUT2D eigenvalue weighted by molar-refractivity contribution is 7.99. The average molecular weight is 502 g/mol. The number of Topliss-reactive ketones (excluding diaryl/α,β-unsaturated/α-hetero) is 3. The van der Waals surface area contributed by atoms with Crippen LogP contribution in [-0.4, -0.2) is 51.2 Å². The monoisotopic (exact) mass is 501 g/mol. The number of thioether (sulfide) groups is 2. The number of nitrogens with zero attached hydrogens (tertiary/aromatic N) is 1. The van der Waals surface area contributed by atoms with E-state index in [4.69, 9.17) is 0 Å². The van der Waals surface area contributed by atoms with Gasteiger partial charge in [0.15, 0.2) is 22.9 Å². The molecule has 2 fully saturated rings. The van der Waals surface area contributed by atoms with Gasteiger partial charge in [0.25, 0.3) is 0 Å². The number of carbonyl (C=O) groups excluding carboxylic acids is 3. The Hall–Kier alpha value is -2.74. The lowest BCUT2D eigenvalue weighted by molar-refractivity contribution is 0.0340. The third kappa shape index (κ3) is 2.46. The molecule has 0 bridgehead atoms. The lowest BCUT2D eigenvalue weighted by Gasteiger charge is -2.47. The summed E-state index contributed by atoms with van der Waals surface area (Å²) in [5.74, 6) is -0.230. The van der Waals surface area contributed by atoms with Gasteiger partial charge in [-0.3, -0.25) is 19.3 Å². The molecule has 0 N–H and O–H groups in total. The average Bonchev–Trinajstić information content (AvgIpc) is 3.50. The fourth-order valence-corrected chi connectivity index (χ4v) is 9.61. The minimum atomic E-state index is -1.64. The van der Waals surface area contributed by atoms with Crippen molar-refractivity contribution in [3.05, 3.63) is 101 Å². The lowest BCUT2D eigenvalue weighted by Crippen LogP contribution is -2.66. The first-order valence-electron chi connectivity index (χ1n) is 11.6. The van der Waals surface area contributed by atoms with Gasteiger partial charge < -0.3 is 0 Å². The topological polar surface area (TPSA) is 54.5 Å². The largest absolute Gasteiger partial charge is 0.293 e. The van der Waals surface area contributed by atoms with Crippen LogP contribution >= 0.6 is 23.5 Å². The van der Waals surface area contributed by atoms with Crippen molar-refractivity contribution in [1.29, 1.82) is 0 Å². The molecule has 3 atom stereocenters. The predicted octanol–water partition coefficient (Wildman–Crippen LogP) is 5.09. The molecule has 3 aromatic rings. The molecule has 4 nitrogen and oxygen atoms in total. The summed E-state index contributed by atoms with van der Waals surface area (Å²) in [4.78, 5) is 46.4. The molecule has 7 heteroatoms. The van der Waals surface area contributed by atoms with Crippen molar-refractivity contribution in [1.82, 2.24) is 4.90 Å². The van der Waals surface area contributed by atoms with Crippen molar-refractivity contribution in [2.45, 2.75) is 22.4 Å². The van der Waals surface area contributed by atoms with Gasteiger partial charge in [-0.2, -0.15) is 0 Å². The number of hydrogen-bond acceptors (Lipinski definition) is 6. The number of halogens is 1. The molecule has 3 heterocycles. The number of carbonyl (C=O) groups is 3. The Morgan fingerprint density at radius 1 is 0.829 bits per heavy atom. The van der Waals surface area contributed by atoms with Crippen LogP contribution in [0.2, 0.25) is 0 Å². The molecule has 0 unspecified atom stereocenters. The Kier molecular flexibility index (Phi) is 4.54. The lowest BCUT2D eigenvalue weighted by atomic mass is 9.58. The van der Waals surface area contributed by atoms with E-state index in [0.29, 0.717) is 33.9 Å². The summed E-state index contributed by atoms with van der Waals surface area (Å²) in [6, 6.07) is 20.4. The zero-order valence-electron chi connectivity index (χ0n) is 18.6. The predicted molar refractivity (Wildman–Crippen MR) is 134 cm³/mol. The SMILES string of the molecule is O=C1c2ccccc2C(=O)C12N1CSC[C@@H]1[C@@H](c1cccc(F)c1)[C@@]21CSc2ccccc2C1=O. The molecule has 1 aliphatic carbocycles. The third-order valence-electron chi connectivity index (χ3n) is 8.18. The van der Waals surface area contributed by atoms with E-state index < -0.39 is 16.9 Å². The number of benzene rings is 3. The van der Waals surface area contributed by atoms with Crippen molar-refractivity contribution in [2.24, 2.45) is 5.41 Å². The van der Waals surface area contributed by atoms with E-state index in [0.717, 1.165) is 4.90 Å². The quantitative estimate of drug-likeness (QED) is 0.433. The second kappa shape index (κ2) is 7.38. The number of fused-ring (bicyclic) bond motifs is 5. The molecule has 3 aliphatic heterocycles. The van der Waals surface area contributed by atoms with E-state index in [9.17, 15) is 18.8 Å². The molecule has 35 heavy (non-hydrogen) atoms. The summed E-state index contributed by atoms with van der Waals surface area (Å²) in [5.41, 5.74) is -1.02. The van der Waals surface area contributed by atoms with Gasteiger partial charge in [0.2, 0.25) is 0 Å². The first-order valence-corrected chi connectivity index (χ1v) is 13.7. The molecule has 0 aromatic heterocycles. The molecular weight excluding hydrogens is 481 g/mol. The molecule has 4 aliphatic rings. The minimum Gasteiger partial charge on any atom is -0.293 e. The molecule has 174 valence electrons. The van der Waals surface area contributed by atoms with Gasteiger partial charge in [-0.05, 0) is 23.8 Å². The van der Waals surface area contributed by atoms with Gasteiger partial charge in [-0.15, -0.1) is 23.5 Å². The highest BCUT2D eigenvalue weighted by Gasteiger charge is 2.80. The Balaban J connectivity index is 1.57. The van der Waals surface area contributed by atoms with Gasteiger partial charge in [0, 0.05) is 50.9 Å². The summed E-state index contributed by atoms with van der Waals surface area (Å²) in [6.45, 7) is 0. The maximum atomic E-state index is 14.7.